The van der Waals surface area contributed by atoms with Crippen LogP contribution in [0.25, 0.3) is 0 Å². The zero-order chi connectivity index (χ0) is 13.4. The molecule has 4 heteroatoms. The van der Waals surface area contributed by atoms with E-state index in [1.165, 1.54) is 6.42 Å². The molecule has 0 aromatic heterocycles. The van der Waals surface area contributed by atoms with Gasteiger partial charge in [0.1, 0.15) is 0 Å². The third kappa shape index (κ3) is 4.49. The van der Waals surface area contributed by atoms with Crippen molar-refractivity contribution in [2.24, 2.45) is 5.73 Å². The molecule has 5 N–H and O–H groups in total. The van der Waals surface area contributed by atoms with Gasteiger partial charge in [-0.3, -0.25) is 4.79 Å². The number of nitrogens with two attached hydrogens (primary N) is 2. The molecule has 0 radical (unpaired) electrons. The van der Waals surface area contributed by atoms with Gasteiger partial charge in [0.25, 0.3) is 0 Å². The number of nitrogen functional groups attached to an aromatic ring is 1. The lowest BCUT2D eigenvalue weighted by Crippen LogP contribution is -2.12. The zero-order valence-electron chi connectivity index (χ0n) is 10.8. The van der Waals surface area contributed by atoms with Crippen molar-refractivity contribution in [3.05, 3.63) is 35.9 Å². The van der Waals surface area contributed by atoms with Gasteiger partial charge < -0.3 is 16.8 Å². The van der Waals surface area contributed by atoms with Gasteiger partial charge in [-0.05, 0) is 31.0 Å². The standard InChI is InChI=1S/C14H21N3O/c1-2-3-4-5-6-9-17-13-8-7-11(14(16)18)10-12(13)15/h4-5,7-8,10,17H,2-3,6,9,15H2,1H3,(H2,16,18)/b5-4+. The molecule has 0 bridgehead atoms. The fourth-order valence-electron chi connectivity index (χ4n) is 1.57. The van der Waals surface area contributed by atoms with Gasteiger partial charge in [-0.25, -0.2) is 0 Å². The summed E-state index contributed by atoms with van der Waals surface area (Å²) in [6.45, 7) is 2.98. The number of allylic oxidation sites excluding steroid dienone is 1. The molecule has 0 saturated heterocycles. The average molecular weight is 247 g/mol. The second-order valence-corrected chi connectivity index (χ2v) is 4.14. The molecule has 4 nitrogen and oxygen atoms in total. The van der Waals surface area contributed by atoms with Crippen molar-refractivity contribution < 1.29 is 4.79 Å². The number of carbonyl (C=O) groups is 1. The molecule has 0 heterocycles. The molecule has 0 aliphatic carbocycles. The van der Waals surface area contributed by atoms with Gasteiger partial charge in [0.15, 0.2) is 0 Å². The van der Waals surface area contributed by atoms with Gasteiger partial charge in [-0.2, -0.15) is 0 Å². The molecule has 1 aromatic carbocycles. The molecular weight excluding hydrogens is 226 g/mol. The van der Waals surface area contributed by atoms with E-state index in [-0.39, 0.29) is 0 Å². The topological polar surface area (TPSA) is 81.1 Å². The molecule has 0 unspecified atom stereocenters. The van der Waals surface area contributed by atoms with Crippen LogP contribution in [0.3, 0.4) is 0 Å². The first kappa shape index (κ1) is 14.1. The van der Waals surface area contributed by atoms with Crippen LogP contribution in [0.4, 0.5) is 11.4 Å². The number of rotatable bonds is 7. The van der Waals surface area contributed by atoms with Gasteiger partial charge in [0.05, 0.1) is 11.4 Å². The maximum Gasteiger partial charge on any atom is 0.248 e. The highest BCUT2D eigenvalue weighted by Crippen LogP contribution is 2.19. The molecule has 1 aromatic rings. The van der Waals surface area contributed by atoms with E-state index in [1.807, 2.05) is 0 Å². The van der Waals surface area contributed by atoms with Crippen molar-refractivity contribution in [3.63, 3.8) is 0 Å². The van der Waals surface area contributed by atoms with E-state index >= 15 is 0 Å². The summed E-state index contributed by atoms with van der Waals surface area (Å²) in [6.07, 6.45) is 7.59. The Labute approximate surface area is 108 Å². The molecule has 0 fully saturated rings. The number of hydrogen-bond acceptors (Lipinski definition) is 3. The normalized spacial score (nSPS) is 10.7. The van der Waals surface area contributed by atoms with Gasteiger partial charge in [-0.15, -0.1) is 0 Å². The predicted molar refractivity (Wildman–Crippen MR) is 76.5 cm³/mol. The molecule has 0 saturated carbocycles. The number of hydrogen-bond donors (Lipinski definition) is 3. The third-order valence-electron chi connectivity index (χ3n) is 2.58. The molecule has 0 aliphatic heterocycles. The minimum atomic E-state index is -0.462. The second-order valence-electron chi connectivity index (χ2n) is 4.14. The second kappa shape index (κ2) is 7.37. The highest BCUT2D eigenvalue weighted by Gasteiger charge is 2.03. The summed E-state index contributed by atoms with van der Waals surface area (Å²) < 4.78 is 0. The fraction of sp³-hybridized carbons (Fsp3) is 0.357. The van der Waals surface area contributed by atoms with Crippen molar-refractivity contribution in [1.82, 2.24) is 0 Å². The van der Waals surface area contributed by atoms with Crippen LogP contribution in [-0.2, 0) is 0 Å². The number of benzene rings is 1. The number of unbranched alkanes of at least 4 members (excludes halogenated alkanes) is 1. The summed E-state index contributed by atoms with van der Waals surface area (Å²) in [6, 6.07) is 5.05. The van der Waals surface area contributed by atoms with E-state index in [0.717, 1.165) is 25.1 Å². The van der Waals surface area contributed by atoms with Crippen LogP contribution in [-0.4, -0.2) is 12.5 Å². The lowest BCUT2D eigenvalue weighted by atomic mass is 10.1. The first-order chi connectivity index (χ1) is 8.65. The monoisotopic (exact) mass is 247 g/mol. The van der Waals surface area contributed by atoms with E-state index in [9.17, 15) is 4.79 Å². The third-order valence-corrected chi connectivity index (χ3v) is 2.58. The fourth-order valence-corrected chi connectivity index (χ4v) is 1.57. The van der Waals surface area contributed by atoms with Crippen molar-refractivity contribution >= 4 is 17.3 Å². The summed E-state index contributed by atoms with van der Waals surface area (Å²) in [4.78, 5) is 11.0. The molecule has 98 valence electrons. The van der Waals surface area contributed by atoms with Crippen LogP contribution < -0.4 is 16.8 Å². The van der Waals surface area contributed by atoms with Gasteiger partial charge >= 0.3 is 0 Å². The van der Waals surface area contributed by atoms with Crippen molar-refractivity contribution in [1.29, 1.82) is 0 Å². The average Bonchev–Trinajstić information content (AvgIpc) is 2.35. The van der Waals surface area contributed by atoms with Crippen LogP contribution in [0.2, 0.25) is 0 Å². The van der Waals surface area contributed by atoms with Crippen LogP contribution >= 0.6 is 0 Å². The lowest BCUT2D eigenvalue weighted by molar-refractivity contribution is 0.100. The summed E-state index contributed by atoms with van der Waals surface area (Å²) in [7, 11) is 0. The lowest BCUT2D eigenvalue weighted by Gasteiger charge is -2.09. The summed E-state index contributed by atoms with van der Waals surface area (Å²) in [5, 5.41) is 3.23. The SMILES string of the molecule is CCC/C=C/CCNc1ccc(C(N)=O)cc1N. The van der Waals surface area contributed by atoms with Gasteiger partial charge in [-0.1, -0.05) is 25.5 Å². The largest absolute Gasteiger partial charge is 0.397 e. The summed E-state index contributed by atoms with van der Waals surface area (Å²) in [5.74, 6) is -0.462. The highest BCUT2D eigenvalue weighted by molar-refractivity contribution is 5.94. The molecule has 0 spiro atoms. The first-order valence-electron chi connectivity index (χ1n) is 6.23. The minimum Gasteiger partial charge on any atom is -0.397 e. The molecule has 1 amide bonds. The summed E-state index contributed by atoms with van der Waals surface area (Å²) in [5.41, 5.74) is 12.8. The van der Waals surface area contributed by atoms with Crippen LogP contribution in [0.5, 0.6) is 0 Å². The van der Waals surface area contributed by atoms with Crippen LogP contribution in [0.15, 0.2) is 30.4 Å². The minimum absolute atomic E-state index is 0.431. The Hall–Kier alpha value is -1.97. The van der Waals surface area contributed by atoms with Gasteiger partial charge in [0, 0.05) is 12.1 Å². The first-order valence-corrected chi connectivity index (χ1v) is 6.23. The van der Waals surface area contributed by atoms with E-state index in [4.69, 9.17) is 11.5 Å². The van der Waals surface area contributed by atoms with Crippen LogP contribution in [0, 0.1) is 0 Å². The number of carbonyl (C=O) groups excluding carboxylic acids is 1. The number of anilines is 2. The van der Waals surface area contributed by atoms with Gasteiger partial charge in [0.2, 0.25) is 5.91 Å². The Balaban J connectivity index is 2.45. The maximum atomic E-state index is 11.0. The number of amides is 1. The number of nitrogens with one attached hydrogen (secondary N) is 1. The highest BCUT2D eigenvalue weighted by atomic mass is 16.1. The van der Waals surface area contributed by atoms with E-state index in [0.29, 0.717) is 11.3 Å². The van der Waals surface area contributed by atoms with Crippen LogP contribution in [0.1, 0.15) is 36.5 Å². The Morgan fingerprint density at radius 1 is 1.33 bits per heavy atom. The molecular formula is C14H21N3O. The zero-order valence-corrected chi connectivity index (χ0v) is 10.8. The summed E-state index contributed by atoms with van der Waals surface area (Å²) >= 11 is 0. The Kier molecular flexibility index (Phi) is 5.77. The van der Waals surface area contributed by atoms with Crippen molar-refractivity contribution in [3.8, 4) is 0 Å². The van der Waals surface area contributed by atoms with E-state index in [1.54, 1.807) is 18.2 Å². The Bertz CT molecular complexity index is 427. The van der Waals surface area contributed by atoms with E-state index < -0.39 is 5.91 Å². The molecule has 1 rings (SSSR count). The maximum absolute atomic E-state index is 11.0. The molecule has 18 heavy (non-hydrogen) atoms. The van der Waals surface area contributed by atoms with Crippen molar-refractivity contribution in [2.45, 2.75) is 26.2 Å². The van der Waals surface area contributed by atoms with E-state index in [2.05, 4.69) is 24.4 Å². The number of primary amides is 1. The predicted octanol–water partition coefficient (Wildman–Crippen LogP) is 2.53. The Morgan fingerprint density at radius 3 is 2.67 bits per heavy atom. The molecule has 0 atom stereocenters. The Morgan fingerprint density at radius 2 is 2.06 bits per heavy atom. The quantitative estimate of drug-likeness (QED) is 0.393. The smallest absolute Gasteiger partial charge is 0.248 e. The molecule has 0 aliphatic rings. The van der Waals surface area contributed by atoms with Crippen molar-refractivity contribution in [2.75, 3.05) is 17.6 Å².